The zero-order valence-electron chi connectivity index (χ0n) is 58.7. The summed E-state index contributed by atoms with van der Waals surface area (Å²) in [6, 6.07) is 22.7. The Balaban J connectivity index is 0.000000180. The van der Waals surface area contributed by atoms with Crippen LogP contribution in [0.3, 0.4) is 0 Å². The van der Waals surface area contributed by atoms with Crippen LogP contribution in [0.2, 0.25) is 0 Å². The van der Waals surface area contributed by atoms with E-state index >= 15 is 0 Å². The number of nitrogens with zero attached hydrogens (tertiary/aromatic N) is 12. The predicted molar refractivity (Wildman–Crippen MR) is 393 cm³/mol. The van der Waals surface area contributed by atoms with E-state index in [1.807, 2.05) is 88.4 Å². The van der Waals surface area contributed by atoms with E-state index in [1.54, 1.807) is 97.1 Å². The maximum atomic E-state index is 11.6. The SMILES string of the molecule is C.CCO.COC(=O)c1ccc2c(n1)C(I)=CC2.COC(=O)c1ccc2c(n1)C(c1cncc(OC)c1)=CC2.COc1cncc(B2OC(C)(C)C(C)(C)O2)c1.COc1cncc(C2=CCc3ccc(-c4nnc(N)o4)nc32)c1.COc1cncc(C2=CCc3ccc(-c4nnc(N)o4)nc32)c1.[Na+].[OH-]. The molecule has 0 bridgehead atoms. The zero-order valence-corrected chi connectivity index (χ0v) is 62.8. The van der Waals surface area contributed by atoms with Crippen LogP contribution in [0.1, 0.15) is 125 Å². The third-order valence-electron chi connectivity index (χ3n) is 16.4. The van der Waals surface area contributed by atoms with Gasteiger partial charge in [0.05, 0.1) is 101 Å². The molecule has 0 radical (unpaired) electrons. The summed E-state index contributed by atoms with van der Waals surface area (Å²) in [5.74, 6) is 2.59. The summed E-state index contributed by atoms with van der Waals surface area (Å²) < 4.78 is 53.6. The molecule has 0 atom stereocenters. The number of nitrogens with two attached hydrogens (primary N) is 2. The number of pyridine rings is 8. The van der Waals surface area contributed by atoms with Crippen LogP contribution >= 0.6 is 22.6 Å². The number of anilines is 2. The molecule has 0 aromatic carbocycles. The van der Waals surface area contributed by atoms with Crippen LogP contribution in [0.4, 0.5) is 12.0 Å². The molecule has 1 saturated heterocycles. The number of aliphatic hydroxyl groups is 1. The molecule has 31 heteroatoms. The molecule has 10 aromatic heterocycles. The Kier molecular flexibility index (Phi) is 28.7. The van der Waals surface area contributed by atoms with E-state index in [2.05, 4.69) is 112 Å². The Bertz CT molecular complexity index is 4630. The summed E-state index contributed by atoms with van der Waals surface area (Å²) in [4.78, 5) is 57.5. The fourth-order valence-electron chi connectivity index (χ4n) is 10.5. The molecular weight excluding hydrogens is 1460 g/mol. The van der Waals surface area contributed by atoms with Crippen LogP contribution in [0, 0.1) is 0 Å². The maximum absolute atomic E-state index is 11.6. The van der Waals surface area contributed by atoms with Gasteiger partial charge >= 0.3 is 60.6 Å². The van der Waals surface area contributed by atoms with Crippen LogP contribution < -0.4 is 65.4 Å². The first-order chi connectivity index (χ1) is 48.7. The second kappa shape index (κ2) is 36.8. The van der Waals surface area contributed by atoms with Gasteiger partial charge in [0.15, 0.2) is 0 Å². The molecule has 534 valence electrons. The van der Waals surface area contributed by atoms with E-state index in [9.17, 15) is 9.59 Å². The standard InChI is InChI=1S/2C16H13N5O2.C16H14N2O3.C12H18BNO3.C10H8INO2.C2H6O.CH4.Na.H2O/c2*1-22-11-6-10(7-18-8-11)12-4-2-9-3-5-13(19-14(9)12)15-20-21-16(17)23-15;1-20-12-7-11(8-17-9-12)13-5-3-10-4-6-14(16(19)21-2)18-15(10)13;1-11(2)12(3,4)17-13(16-11)9-6-10(15-5)8-14-7-9;1-14-10(13)8-5-3-6-2-4-7(11)9(6)12-8;1-2-3;;;/h2*3-8H,2H2,1H3,(H2,17,21);4-9H,3H2,1-2H3;6-8H,1-5H3;3-5H,2H2,1H3;3H,2H2,1H3;1H4;;1H2/q;;;;;;;+1;/p-1. The predicted octanol–water partition coefficient (Wildman–Crippen LogP) is 7.52. The Morgan fingerprint density at radius 1 is 0.500 bits per heavy atom. The molecule has 11 heterocycles. The molecule has 4 aliphatic carbocycles. The third kappa shape index (κ3) is 19.2. The van der Waals surface area contributed by atoms with Crippen molar-refractivity contribution >= 4 is 79.4 Å². The molecule has 0 amide bonds. The molecule has 0 unspecified atom stereocenters. The molecule has 104 heavy (non-hydrogen) atoms. The normalized spacial score (nSPS) is 13.7. The van der Waals surface area contributed by atoms with E-state index in [0.717, 1.165) is 108 Å². The average Bonchev–Trinajstić information content (AvgIpc) is 1.64. The van der Waals surface area contributed by atoms with Gasteiger partial charge in [0.25, 0.3) is 11.8 Å². The van der Waals surface area contributed by atoms with Crippen LogP contribution in [-0.2, 0) is 44.5 Å². The van der Waals surface area contributed by atoms with Crippen molar-refractivity contribution in [3.63, 3.8) is 0 Å². The zero-order chi connectivity index (χ0) is 72.0. The van der Waals surface area contributed by atoms with Crippen molar-refractivity contribution in [2.24, 2.45) is 0 Å². The third-order valence-corrected chi connectivity index (χ3v) is 17.3. The molecule has 1 aliphatic heterocycles. The summed E-state index contributed by atoms with van der Waals surface area (Å²) in [6.45, 7) is 10.0. The summed E-state index contributed by atoms with van der Waals surface area (Å²) in [6.07, 6.45) is 25.5. The fourth-order valence-corrected chi connectivity index (χ4v) is 11.2. The number of halogens is 1. The van der Waals surface area contributed by atoms with Gasteiger partial charge in [-0.3, -0.25) is 19.9 Å². The minimum Gasteiger partial charge on any atom is -0.870 e. The maximum Gasteiger partial charge on any atom is 1.00 e. The van der Waals surface area contributed by atoms with Crippen molar-refractivity contribution < 1.29 is 96.3 Å². The Hall–Kier alpha value is -10.2. The van der Waals surface area contributed by atoms with Crippen molar-refractivity contribution in [2.75, 3.05) is 60.7 Å². The molecule has 6 N–H and O–H groups in total. The second-order valence-electron chi connectivity index (χ2n) is 23.3. The number of esters is 2. The summed E-state index contributed by atoms with van der Waals surface area (Å²) >= 11 is 2.22. The molecule has 15 rings (SSSR count). The van der Waals surface area contributed by atoms with Crippen LogP contribution in [0.25, 0.3) is 43.5 Å². The molecular formula is C73H77BIN14NaO14. The quantitative estimate of drug-likeness (QED) is 0.0604. The topological polar surface area (TPSA) is 391 Å². The summed E-state index contributed by atoms with van der Waals surface area (Å²) in [5, 5.41) is 22.7. The number of hydrogen-bond acceptors (Lipinski definition) is 28. The first-order valence-electron chi connectivity index (χ1n) is 31.5. The van der Waals surface area contributed by atoms with Gasteiger partial charge < -0.3 is 68.6 Å². The van der Waals surface area contributed by atoms with Crippen LogP contribution in [0.15, 0.2) is 156 Å². The van der Waals surface area contributed by atoms with E-state index in [0.29, 0.717) is 57.6 Å². The number of nitrogen functional groups attached to an aromatic ring is 2. The summed E-state index contributed by atoms with van der Waals surface area (Å²) in [5.41, 5.74) is 26.9. The minimum absolute atomic E-state index is 0. The Labute approximate surface area is 637 Å². The largest absolute Gasteiger partial charge is 1.00 e. The molecule has 0 saturated carbocycles. The number of aliphatic hydroxyl groups excluding tert-OH is 1. The smallest absolute Gasteiger partial charge is 0.870 e. The van der Waals surface area contributed by atoms with Crippen molar-refractivity contribution in [1.29, 1.82) is 0 Å². The second-order valence-corrected chi connectivity index (χ2v) is 24.5. The van der Waals surface area contributed by atoms with Gasteiger partial charge in [-0.1, -0.05) is 66.2 Å². The van der Waals surface area contributed by atoms with Gasteiger partial charge in [-0.2, -0.15) is 0 Å². The average molecular weight is 1540 g/mol. The molecule has 1 fully saturated rings. The molecule has 10 aromatic rings. The monoisotopic (exact) mass is 1530 g/mol. The molecule has 0 spiro atoms. The fraction of sp³-hybridized carbons (Fsp3) is 0.260. The van der Waals surface area contributed by atoms with Gasteiger partial charge in [0.1, 0.15) is 45.8 Å². The van der Waals surface area contributed by atoms with Gasteiger partial charge in [0, 0.05) is 73.8 Å². The Morgan fingerprint density at radius 2 is 0.837 bits per heavy atom. The number of carbonyl (C=O) groups is 2. The van der Waals surface area contributed by atoms with E-state index in [4.69, 9.17) is 58.4 Å². The number of aromatic nitrogens is 12. The summed E-state index contributed by atoms with van der Waals surface area (Å²) in [7, 11) is 8.78. The van der Waals surface area contributed by atoms with Gasteiger partial charge in [-0.25, -0.2) is 29.5 Å². The van der Waals surface area contributed by atoms with Gasteiger partial charge in [-0.15, -0.1) is 10.2 Å². The first-order valence-corrected chi connectivity index (χ1v) is 32.5. The molecule has 5 aliphatic rings. The van der Waals surface area contributed by atoms with Crippen molar-refractivity contribution in [1.82, 2.24) is 60.3 Å². The first kappa shape index (κ1) is 81.1. The van der Waals surface area contributed by atoms with Gasteiger partial charge in [0.2, 0.25) is 0 Å². The Morgan fingerprint density at radius 3 is 1.20 bits per heavy atom. The van der Waals surface area contributed by atoms with E-state index in [-0.39, 0.29) is 85.4 Å². The van der Waals surface area contributed by atoms with Crippen LogP contribution in [0.5, 0.6) is 23.0 Å². The number of methoxy groups -OCH3 is 6. The van der Waals surface area contributed by atoms with Crippen molar-refractivity contribution in [3.05, 3.63) is 220 Å². The van der Waals surface area contributed by atoms with Crippen molar-refractivity contribution in [2.45, 2.75) is 78.9 Å². The van der Waals surface area contributed by atoms with Crippen LogP contribution in [-0.4, -0.2) is 150 Å². The number of ether oxygens (including phenoxy) is 6. The minimum atomic E-state index is -0.437. The van der Waals surface area contributed by atoms with Crippen molar-refractivity contribution in [3.8, 4) is 46.2 Å². The number of rotatable bonds is 12. The number of hydrogen-bond donors (Lipinski definition) is 3. The number of fused-ring (bicyclic) bond motifs is 4. The van der Waals surface area contributed by atoms with Gasteiger partial charge in [-0.05, 0) is 154 Å². The number of allylic oxidation sites excluding steroid dienone is 4. The molecule has 28 nitrogen and oxygen atoms in total. The van der Waals surface area contributed by atoms with E-state index < -0.39 is 5.97 Å². The van der Waals surface area contributed by atoms with E-state index in [1.165, 1.54) is 19.8 Å². The number of carbonyl (C=O) groups excluding carboxylic acids is 2.